The number of ether oxygens (including phenoxy) is 1. The number of rotatable bonds is 6. The molecule has 34 heavy (non-hydrogen) atoms. The zero-order valence-electron chi connectivity index (χ0n) is 17.9. The zero-order chi connectivity index (χ0) is 23.7. The first-order valence-electron chi connectivity index (χ1n) is 10.7. The molecule has 1 saturated heterocycles. The smallest absolute Gasteiger partial charge is 0.406 e. The summed E-state index contributed by atoms with van der Waals surface area (Å²) >= 11 is 0. The van der Waals surface area contributed by atoms with Crippen LogP contribution >= 0.6 is 0 Å². The molecule has 174 valence electrons. The van der Waals surface area contributed by atoms with Gasteiger partial charge in [0.05, 0.1) is 11.9 Å². The van der Waals surface area contributed by atoms with Crippen LogP contribution in [0.1, 0.15) is 22.5 Å². The number of alkyl halides is 3. The Morgan fingerprint density at radius 3 is 2.62 bits per heavy atom. The van der Waals surface area contributed by atoms with E-state index in [1.807, 2.05) is 12.1 Å². The van der Waals surface area contributed by atoms with Gasteiger partial charge in [-0.15, -0.1) is 13.2 Å². The fraction of sp³-hybridized carbons (Fsp3) is 0.208. The van der Waals surface area contributed by atoms with E-state index in [4.69, 9.17) is 0 Å². The molecular weight excluding hydrogens is 447 g/mol. The average Bonchev–Trinajstić information content (AvgIpc) is 3.12. The molecule has 0 atom stereocenters. The van der Waals surface area contributed by atoms with Crippen LogP contribution in [0.5, 0.6) is 5.75 Å². The van der Waals surface area contributed by atoms with Gasteiger partial charge in [-0.1, -0.05) is 12.1 Å². The Hall–Kier alpha value is -4.08. The largest absolute Gasteiger partial charge is 0.573 e. The molecule has 0 saturated carbocycles. The predicted octanol–water partition coefficient (Wildman–Crippen LogP) is 4.84. The molecule has 1 amide bonds. The van der Waals surface area contributed by atoms with Gasteiger partial charge in [-0.25, -0.2) is 9.97 Å². The fourth-order valence-electron chi connectivity index (χ4n) is 3.85. The first-order valence-corrected chi connectivity index (χ1v) is 10.7. The lowest BCUT2D eigenvalue weighted by atomic mass is 10.2. The molecule has 0 aliphatic carbocycles. The third kappa shape index (κ3) is 4.66. The Morgan fingerprint density at radius 2 is 1.91 bits per heavy atom. The van der Waals surface area contributed by atoms with Gasteiger partial charge in [-0.3, -0.25) is 4.79 Å². The Balaban J connectivity index is 1.42. The van der Waals surface area contributed by atoms with Crippen molar-refractivity contribution in [2.75, 3.05) is 23.3 Å². The second-order valence-corrected chi connectivity index (χ2v) is 7.93. The van der Waals surface area contributed by atoms with Crippen LogP contribution < -0.4 is 15.0 Å². The van der Waals surface area contributed by atoms with Gasteiger partial charge in [0.1, 0.15) is 22.9 Å². The van der Waals surface area contributed by atoms with Crippen molar-refractivity contribution in [3.63, 3.8) is 0 Å². The van der Waals surface area contributed by atoms with E-state index >= 15 is 0 Å². The Morgan fingerprint density at radius 1 is 1.06 bits per heavy atom. The van der Waals surface area contributed by atoms with E-state index in [2.05, 4.69) is 24.9 Å². The van der Waals surface area contributed by atoms with Crippen LogP contribution in [0.15, 0.2) is 67.0 Å². The van der Waals surface area contributed by atoms with Crippen LogP contribution in [-0.2, 0) is 6.54 Å². The van der Waals surface area contributed by atoms with Crippen LogP contribution in [0.25, 0.3) is 11.0 Å². The van der Waals surface area contributed by atoms with Crippen molar-refractivity contribution in [2.45, 2.75) is 19.3 Å². The number of carbonyl (C=O) groups is 1. The SMILES string of the molecule is O=C(Nc1ccc(N2CCC2)nc1)c1cc2cccnc2n1Cc1cccc(OC(F)(F)F)c1. The molecule has 7 nitrogen and oxygen atoms in total. The van der Waals surface area contributed by atoms with Crippen LogP contribution in [0.4, 0.5) is 24.7 Å². The van der Waals surface area contributed by atoms with Gasteiger partial charge in [-0.2, -0.15) is 0 Å². The number of pyridine rings is 2. The molecule has 4 heterocycles. The van der Waals surface area contributed by atoms with Crippen molar-refractivity contribution < 1.29 is 22.7 Å². The highest BCUT2D eigenvalue weighted by molar-refractivity contribution is 6.06. The van der Waals surface area contributed by atoms with Crippen molar-refractivity contribution in [3.8, 4) is 5.75 Å². The topological polar surface area (TPSA) is 72.3 Å². The van der Waals surface area contributed by atoms with Gasteiger partial charge in [0.15, 0.2) is 0 Å². The lowest BCUT2D eigenvalue weighted by molar-refractivity contribution is -0.274. The molecular formula is C24H20F3N5O2. The number of aromatic nitrogens is 3. The first-order chi connectivity index (χ1) is 16.4. The monoisotopic (exact) mass is 467 g/mol. The zero-order valence-corrected chi connectivity index (χ0v) is 17.9. The molecule has 0 spiro atoms. The number of hydrogen-bond acceptors (Lipinski definition) is 5. The molecule has 0 radical (unpaired) electrons. The van der Waals surface area contributed by atoms with Crippen molar-refractivity contribution >= 4 is 28.4 Å². The summed E-state index contributed by atoms with van der Waals surface area (Å²) in [5.74, 6) is 0.163. The number of halogens is 3. The maximum atomic E-state index is 13.2. The van der Waals surface area contributed by atoms with E-state index in [9.17, 15) is 18.0 Å². The minimum Gasteiger partial charge on any atom is -0.406 e. The number of anilines is 2. The van der Waals surface area contributed by atoms with E-state index in [0.29, 0.717) is 22.6 Å². The highest BCUT2D eigenvalue weighted by Crippen LogP contribution is 2.26. The van der Waals surface area contributed by atoms with Crippen LogP contribution in [0.3, 0.4) is 0 Å². The van der Waals surface area contributed by atoms with Gasteiger partial charge in [0.2, 0.25) is 0 Å². The molecule has 0 unspecified atom stereocenters. The molecule has 1 N–H and O–H groups in total. The maximum absolute atomic E-state index is 13.2. The van der Waals surface area contributed by atoms with Gasteiger partial charge >= 0.3 is 6.36 Å². The minimum atomic E-state index is -4.79. The third-order valence-corrected chi connectivity index (χ3v) is 5.55. The third-order valence-electron chi connectivity index (χ3n) is 5.55. The number of carbonyl (C=O) groups excluding carboxylic acids is 1. The number of hydrogen-bond donors (Lipinski definition) is 1. The molecule has 1 aromatic carbocycles. The van der Waals surface area contributed by atoms with E-state index in [-0.39, 0.29) is 18.2 Å². The van der Waals surface area contributed by atoms with Crippen LogP contribution in [-0.4, -0.2) is 39.9 Å². The summed E-state index contributed by atoms with van der Waals surface area (Å²) in [5.41, 5.74) is 1.93. The predicted molar refractivity (Wildman–Crippen MR) is 121 cm³/mol. The quantitative estimate of drug-likeness (QED) is 0.439. The molecule has 1 aliphatic rings. The summed E-state index contributed by atoms with van der Waals surface area (Å²) in [6.45, 7) is 2.08. The highest BCUT2D eigenvalue weighted by atomic mass is 19.4. The molecule has 3 aromatic heterocycles. The normalized spacial score (nSPS) is 13.6. The standard InChI is InChI=1S/C24H20F3N5O2/c25-24(26,27)34-19-6-1-4-16(12-19)15-32-20(13-17-5-2-9-28-22(17)32)23(33)30-18-7-8-21(29-14-18)31-10-3-11-31/h1-2,4-9,12-14H,3,10-11,15H2,(H,30,33). The van der Waals surface area contributed by atoms with Crippen molar-refractivity contribution in [2.24, 2.45) is 0 Å². The van der Waals surface area contributed by atoms with Gasteiger partial charge in [0, 0.05) is 31.2 Å². The second kappa shape index (κ2) is 8.69. The Kier molecular flexibility index (Phi) is 5.56. The summed E-state index contributed by atoms with van der Waals surface area (Å²) in [6.07, 6.45) is -0.439. The number of amides is 1. The number of nitrogens with one attached hydrogen (secondary N) is 1. The highest BCUT2D eigenvalue weighted by Gasteiger charge is 2.31. The fourth-order valence-corrected chi connectivity index (χ4v) is 3.85. The van der Waals surface area contributed by atoms with E-state index in [1.165, 1.54) is 18.2 Å². The molecule has 1 fully saturated rings. The lowest BCUT2D eigenvalue weighted by Gasteiger charge is -2.31. The van der Waals surface area contributed by atoms with Gasteiger partial charge in [0.25, 0.3) is 5.91 Å². The van der Waals surface area contributed by atoms with Crippen LogP contribution in [0, 0.1) is 0 Å². The molecule has 1 aliphatic heterocycles. The summed E-state index contributed by atoms with van der Waals surface area (Å²) < 4.78 is 43.6. The van der Waals surface area contributed by atoms with E-state index in [0.717, 1.165) is 30.7 Å². The molecule has 5 rings (SSSR count). The summed E-state index contributed by atoms with van der Waals surface area (Å²) in [5, 5.41) is 3.59. The molecule has 4 aromatic rings. The number of fused-ring (bicyclic) bond motifs is 1. The van der Waals surface area contributed by atoms with E-state index < -0.39 is 6.36 Å². The van der Waals surface area contributed by atoms with Crippen molar-refractivity contribution in [1.82, 2.24) is 14.5 Å². The Labute approximate surface area is 192 Å². The Bertz CT molecular complexity index is 1330. The van der Waals surface area contributed by atoms with Crippen molar-refractivity contribution in [3.05, 3.63) is 78.2 Å². The average molecular weight is 467 g/mol. The summed E-state index contributed by atoms with van der Waals surface area (Å²) in [4.78, 5) is 24.1. The summed E-state index contributed by atoms with van der Waals surface area (Å²) in [7, 11) is 0. The lowest BCUT2D eigenvalue weighted by Crippen LogP contribution is -2.37. The number of benzene rings is 1. The molecule has 10 heteroatoms. The van der Waals surface area contributed by atoms with Gasteiger partial charge in [-0.05, 0) is 54.4 Å². The summed E-state index contributed by atoms with van der Waals surface area (Å²) in [6, 6.07) is 14.6. The minimum absolute atomic E-state index is 0.129. The first kappa shape index (κ1) is 21.7. The maximum Gasteiger partial charge on any atom is 0.573 e. The van der Waals surface area contributed by atoms with Crippen molar-refractivity contribution in [1.29, 1.82) is 0 Å². The molecule has 0 bridgehead atoms. The van der Waals surface area contributed by atoms with Gasteiger partial charge < -0.3 is 19.5 Å². The number of nitrogens with zero attached hydrogens (tertiary/aromatic N) is 4. The second-order valence-electron chi connectivity index (χ2n) is 7.93. The van der Waals surface area contributed by atoms with Crippen LogP contribution in [0.2, 0.25) is 0 Å². The van der Waals surface area contributed by atoms with E-state index in [1.54, 1.807) is 41.2 Å².